The van der Waals surface area contributed by atoms with Crippen LogP contribution < -0.4 is 0 Å². The quantitative estimate of drug-likeness (QED) is 0.764. The van der Waals surface area contributed by atoms with Gasteiger partial charge < -0.3 is 10.5 Å². The Hall–Kier alpha value is -2.23. The van der Waals surface area contributed by atoms with E-state index in [0.717, 1.165) is 0 Å². The van der Waals surface area contributed by atoms with Crippen molar-refractivity contribution >= 4 is 17.3 Å². The lowest BCUT2D eigenvalue weighted by molar-refractivity contribution is 0.0934. The lowest BCUT2D eigenvalue weighted by Crippen LogP contribution is -2.25. The molecule has 2 rings (SSSR count). The molecule has 0 fully saturated rings. The van der Waals surface area contributed by atoms with Crippen molar-refractivity contribution in [3.63, 3.8) is 0 Å². The molecule has 1 aliphatic rings. The van der Waals surface area contributed by atoms with Gasteiger partial charge in [0.25, 0.3) is 0 Å². The molecule has 0 bridgehead atoms. The summed E-state index contributed by atoms with van der Waals surface area (Å²) in [6, 6.07) is 6.32. The lowest BCUT2D eigenvalue weighted by Gasteiger charge is -2.17. The fourth-order valence-electron chi connectivity index (χ4n) is 1.82. The SMILES string of the molecule is CCC(=N)C1=C(O)C(=O)c2ccccc2C1=O. The summed E-state index contributed by atoms with van der Waals surface area (Å²) in [5, 5.41) is 17.4. The largest absolute Gasteiger partial charge is 0.504 e. The van der Waals surface area contributed by atoms with Gasteiger partial charge in [0, 0.05) is 16.8 Å². The maximum Gasteiger partial charge on any atom is 0.228 e. The number of ketones is 2. The Morgan fingerprint density at radius 2 is 1.71 bits per heavy atom. The number of nitrogens with one attached hydrogen (secondary N) is 1. The molecule has 0 amide bonds. The molecule has 1 aromatic carbocycles. The summed E-state index contributed by atoms with van der Waals surface area (Å²) in [6.07, 6.45) is 0.292. The van der Waals surface area contributed by atoms with E-state index in [1.54, 1.807) is 19.1 Å². The second-order valence-corrected chi connectivity index (χ2v) is 3.76. The van der Waals surface area contributed by atoms with Gasteiger partial charge >= 0.3 is 0 Å². The van der Waals surface area contributed by atoms with Crippen LogP contribution in [0.2, 0.25) is 0 Å². The molecule has 0 aliphatic heterocycles. The van der Waals surface area contributed by atoms with Crippen LogP contribution in [0.15, 0.2) is 35.6 Å². The molecule has 0 unspecified atom stereocenters. The summed E-state index contributed by atoms with van der Waals surface area (Å²) < 4.78 is 0. The standard InChI is InChI=1S/C13H11NO3/c1-2-9(14)10-11(15)7-5-3-4-6-8(7)12(16)13(10)17/h3-6,14,17H,2H2,1H3. The summed E-state index contributed by atoms with van der Waals surface area (Å²) in [6.45, 7) is 1.70. The maximum absolute atomic E-state index is 12.1. The monoisotopic (exact) mass is 229 g/mol. The van der Waals surface area contributed by atoms with Crippen molar-refractivity contribution < 1.29 is 14.7 Å². The van der Waals surface area contributed by atoms with Gasteiger partial charge in [-0.05, 0) is 6.42 Å². The van der Waals surface area contributed by atoms with E-state index in [9.17, 15) is 14.7 Å². The highest BCUT2D eigenvalue weighted by Crippen LogP contribution is 2.26. The number of aliphatic hydroxyl groups excluding tert-OH is 1. The summed E-state index contributed by atoms with van der Waals surface area (Å²) in [4.78, 5) is 23.9. The number of aliphatic hydroxyl groups is 1. The highest BCUT2D eigenvalue weighted by molar-refractivity contribution is 6.36. The molecule has 2 N–H and O–H groups in total. The molecule has 0 heterocycles. The van der Waals surface area contributed by atoms with Gasteiger partial charge in [0.1, 0.15) is 0 Å². The van der Waals surface area contributed by atoms with E-state index in [-0.39, 0.29) is 22.4 Å². The summed E-state index contributed by atoms with van der Waals surface area (Å²) in [7, 11) is 0. The van der Waals surface area contributed by atoms with Crippen LogP contribution in [0, 0.1) is 5.41 Å². The summed E-state index contributed by atoms with van der Waals surface area (Å²) in [5.41, 5.74) is 0.262. The molecule has 1 aliphatic carbocycles. The van der Waals surface area contributed by atoms with Gasteiger partial charge in [0.05, 0.1) is 5.57 Å². The third-order valence-corrected chi connectivity index (χ3v) is 2.75. The molecule has 0 atom stereocenters. The average Bonchev–Trinajstić information content (AvgIpc) is 2.36. The number of rotatable bonds is 2. The summed E-state index contributed by atoms with van der Waals surface area (Å²) in [5.74, 6) is -1.65. The molecule has 0 saturated carbocycles. The smallest absolute Gasteiger partial charge is 0.228 e. The number of carbonyl (C=O) groups is 2. The zero-order valence-electron chi connectivity index (χ0n) is 9.28. The minimum Gasteiger partial charge on any atom is -0.504 e. The number of allylic oxidation sites excluding steroid dienone is 2. The first-order valence-corrected chi connectivity index (χ1v) is 5.27. The fraction of sp³-hybridized carbons (Fsp3) is 0.154. The number of hydrogen-bond donors (Lipinski definition) is 2. The van der Waals surface area contributed by atoms with E-state index in [1.165, 1.54) is 12.1 Å². The van der Waals surface area contributed by atoms with Crippen LogP contribution in [-0.2, 0) is 0 Å². The van der Waals surface area contributed by atoms with Crippen molar-refractivity contribution in [2.45, 2.75) is 13.3 Å². The van der Waals surface area contributed by atoms with Crippen molar-refractivity contribution in [3.05, 3.63) is 46.7 Å². The van der Waals surface area contributed by atoms with Crippen LogP contribution in [0.5, 0.6) is 0 Å². The molecule has 86 valence electrons. The van der Waals surface area contributed by atoms with Crippen molar-refractivity contribution in [1.29, 1.82) is 5.41 Å². The van der Waals surface area contributed by atoms with Crippen LogP contribution in [-0.4, -0.2) is 22.4 Å². The molecular formula is C13H11NO3. The molecule has 0 aromatic heterocycles. The van der Waals surface area contributed by atoms with Crippen molar-refractivity contribution in [2.75, 3.05) is 0 Å². The normalized spacial score (nSPS) is 14.9. The highest BCUT2D eigenvalue weighted by Gasteiger charge is 2.33. The second-order valence-electron chi connectivity index (χ2n) is 3.76. The van der Waals surface area contributed by atoms with Crippen molar-refractivity contribution in [2.24, 2.45) is 0 Å². The molecule has 1 aromatic rings. The number of carbonyl (C=O) groups excluding carboxylic acids is 2. The van der Waals surface area contributed by atoms with E-state index in [4.69, 9.17) is 5.41 Å². The summed E-state index contributed by atoms with van der Waals surface area (Å²) >= 11 is 0. The van der Waals surface area contributed by atoms with E-state index in [0.29, 0.717) is 6.42 Å². The van der Waals surface area contributed by atoms with Gasteiger partial charge in [-0.15, -0.1) is 0 Å². The lowest BCUT2D eigenvalue weighted by atomic mass is 9.85. The Morgan fingerprint density at radius 3 is 2.24 bits per heavy atom. The first-order chi connectivity index (χ1) is 8.07. The van der Waals surface area contributed by atoms with Crippen molar-refractivity contribution in [3.8, 4) is 0 Å². The Bertz CT molecular complexity index is 570. The van der Waals surface area contributed by atoms with Gasteiger partial charge in [-0.1, -0.05) is 31.2 Å². The number of fused-ring (bicyclic) bond motifs is 1. The van der Waals surface area contributed by atoms with E-state index >= 15 is 0 Å². The van der Waals surface area contributed by atoms with Gasteiger partial charge in [0.2, 0.25) is 5.78 Å². The molecule has 0 spiro atoms. The highest BCUT2D eigenvalue weighted by atomic mass is 16.3. The van der Waals surface area contributed by atoms with E-state index in [2.05, 4.69) is 0 Å². The van der Waals surface area contributed by atoms with Gasteiger partial charge in [-0.25, -0.2) is 0 Å². The van der Waals surface area contributed by atoms with Crippen LogP contribution in [0.25, 0.3) is 0 Å². The molecule has 0 radical (unpaired) electrons. The van der Waals surface area contributed by atoms with E-state index in [1.807, 2.05) is 0 Å². The van der Waals surface area contributed by atoms with Crippen LogP contribution in [0.3, 0.4) is 0 Å². The fourth-order valence-corrected chi connectivity index (χ4v) is 1.82. The van der Waals surface area contributed by atoms with Crippen LogP contribution in [0.4, 0.5) is 0 Å². The average molecular weight is 229 g/mol. The third kappa shape index (κ3) is 1.58. The topological polar surface area (TPSA) is 78.2 Å². The van der Waals surface area contributed by atoms with Gasteiger partial charge in [-0.2, -0.15) is 0 Å². The second kappa shape index (κ2) is 3.97. The maximum atomic E-state index is 12.1. The number of hydrogen-bond acceptors (Lipinski definition) is 4. The van der Waals surface area contributed by atoms with Gasteiger partial charge in [-0.3, -0.25) is 9.59 Å². The van der Waals surface area contributed by atoms with Gasteiger partial charge in [0.15, 0.2) is 11.5 Å². The van der Waals surface area contributed by atoms with E-state index < -0.39 is 17.3 Å². The first-order valence-electron chi connectivity index (χ1n) is 5.27. The Kier molecular flexibility index (Phi) is 2.63. The zero-order chi connectivity index (χ0) is 12.6. The Balaban J connectivity index is 2.66. The van der Waals surface area contributed by atoms with Crippen LogP contribution in [0.1, 0.15) is 34.1 Å². The Labute approximate surface area is 98.1 Å². The minimum atomic E-state index is -0.611. The number of Topliss-reactive ketones (excluding diaryl/α,β-unsaturated/α-hetero) is 2. The molecule has 0 saturated heterocycles. The number of benzene rings is 1. The third-order valence-electron chi connectivity index (χ3n) is 2.75. The molecular weight excluding hydrogens is 218 g/mol. The minimum absolute atomic E-state index is 0.0182. The van der Waals surface area contributed by atoms with Crippen molar-refractivity contribution in [1.82, 2.24) is 0 Å². The molecule has 4 nitrogen and oxygen atoms in total. The molecule has 4 heteroatoms. The Morgan fingerprint density at radius 1 is 1.18 bits per heavy atom. The zero-order valence-corrected chi connectivity index (χ0v) is 9.28. The first kappa shape index (κ1) is 11.3. The predicted molar refractivity (Wildman–Crippen MR) is 62.8 cm³/mol. The predicted octanol–water partition coefficient (Wildman–Crippen LogP) is 2.31. The molecule has 17 heavy (non-hydrogen) atoms. The van der Waals surface area contributed by atoms with Crippen LogP contribution >= 0.6 is 0 Å².